The molecule has 1 amide bonds. The number of anilines is 1. The van der Waals surface area contributed by atoms with Gasteiger partial charge >= 0.3 is 0 Å². The van der Waals surface area contributed by atoms with Crippen molar-refractivity contribution in [3.63, 3.8) is 0 Å². The summed E-state index contributed by atoms with van der Waals surface area (Å²) in [5, 5.41) is 3.20. The third-order valence-electron chi connectivity index (χ3n) is 3.72. The van der Waals surface area contributed by atoms with Crippen LogP contribution in [0.25, 0.3) is 0 Å². The van der Waals surface area contributed by atoms with Crippen molar-refractivity contribution in [1.29, 1.82) is 0 Å². The van der Waals surface area contributed by atoms with Crippen molar-refractivity contribution < 1.29 is 4.79 Å². The maximum absolute atomic E-state index is 12.4. The molecular formula is C16H27N3O. The van der Waals surface area contributed by atoms with Crippen LogP contribution in [0.2, 0.25) is 0 Å². The van der Waals surface area contributed by atoms with E-state index in [2.05, 4.69) is 44.9 Å². The molecule has 1 aromatic heterocycles. The lowest BCUT2D eigenvalue weighted by molar-refractivity contribution is 0.0629. The second kappa shape index (κ2) is 6.73. The molecule has 1 N–H and O–H groups in total. The Balaban J connectivity index is 2.77. The molecule has 1 rings (SSSR count). The maximum Gasteiger partial charge on any atom is 0.255 e. The van der Waals surface area contributed by atoms with Crippen LogP contribution in [0, 0.1) is 5.41 Å². The molecule has 112 valence electrons. The van der Waals surface area contributed by atoms with E-state index in [0.717, 1.165) is 18.8 Å². The van der Waals surface area contributed by atoms with Gasteiger partial charge in [0, 0.05) is 25.8 Å². The zero-order valence-corrected chi connectivity index (χ0v) is 13.5. The fraction of sp³-hybridized carbons (Fsp3) is 0.625. The summed E-state index contributed by atoms with van der Waals surface area (Å²) in [6.45, 7) is 11.5. The number of hydrogen-bond donors (Lipinski definition) is 1. The fourth-order valence-electron chi connectivity index (χ4n) is 1.84. The van der Waals surface area contributed by atoms with E-state index in [1.165, 1.54) is 0 Å². The molecule has 1 aromatic rings. The van der Waals surface area contributed by atoms with Crippen LogP contribution in [0.1, 0.15) is 51.4 Å². The molecule has 0 bridgehead atoms. The molecule has 0 fully saturated rings. The van der Waals surface area contributed by atoms with Gasteiger partial charge in [-0.05, 0) is 30.9 Å². The van der Waals surface area contributed by atoms with Gasteiger partial charge in [-0.1, -0.05) is 27.7 Å². The number of carbonyl (C=O) groups is 1. The lowest BCUT2D eigenvalue weighted by Gasteiger charge is -2.35. The van der Waals surface area contributed by atoms with Crippen molar-refractivity contribution in [3.05, 3.63) is 23.9 Å². The van der Waals surface area contributed by atoms with Crippen molar-refractivity contribution in [1.82, 2.24) is 9.88 Å². The summed E-state index contributed by atoms with van der Waals surface area (Å²) in [5.74, 6) is 0.830. The molecule has 4 nitrogen and oxygen atoms in total. The Morgan fingerprint density at radius 3 is 2.50 bits per heavy atom. The zero-order valence-electron chi connectivity index (χ0n) is 13.5. The van der Waals surface area contributed by atoms with Crippen molar-refractivity contribution in [3.8, 4) is 0 Å². The molecule has 1 atom stereocenters. The van der Waals surface area contributed by atoms with E-state index in [4.69, 9.17) is 0 Å². The van der Waals surface area contributed by atoms with Crippen molar-refractivity contribution in [2.45, 2.75) is 47.1 Å². The van der Waals surface area contributed by atoms with Gasteiger partial charge in [-0.2, -0.15) is 0 Å². The number of hydrogen-bond acceptors (Lipinski definition) is 3. The lowest BCUT2D eigenvalue weighted by atomic mass is 9.87. The summed E-state index contributed by atoms with van der Waals surface area (Å²) in [4.78, 5) is 18.5. The van der Waals surface area contributed by atoms with Crippen molar-refractivity contribution in [2.24, 2.45) is 5.41 Å². The molecular weight excluding hydrogens is 250 g/mol. The third-order valence-corrected chi connectivity index (χ3v) is 3.72. The number of carbonyl (C=O) groups excluding carboxylic acids is 1. The van der Waals surface area contributed by atoms with Crippen LogP contribution in [0.5, 0.6) is 0 Å². The first-order chi connectivity index (χ1) is 9.27. The average Bonchev–Trinajstić information content (AvgIpc) is 2.42. The van der Waals surface area contributed by atoms with Gasteiger partial charge in [0.05, 0.1) is 5.56 Å². The minimum Gasteiger partial charge on any atom is -0.370 e. The van der Waals surface area contributed by atoms with Crippen LogP contribution < -0.4 is 5.32 Å². The molecule has 1 unspecified atom stereocenters. The van der Waals surface area contributed by atoms with Crippen LogP contribution in [-0.4, -0.2) is 35.4 Å². The van der Waals surface area contributed by atoms with E-state index in [-0.39, 0.29) is 17.4 Å². The first kappa shape index (κ1) is 16.5. The zero-order chi connectivity index (χ0) is 15.3. The number of nitrogens with one attached hydrogen (secondary N) is 1. The van der Waals surface area contributed by atoms with Gasteiger partial charge in [-0.3, -0.25) is 4.79 Å². The van der Waals surface area contributed by atoms with E-state index in [1.807, 2.05) is 19.2 Å². The highest BCUT2D eigenvalue weighted by Gasteiger charge is 2.27. The molecule has 0 saturated heterocycles. The summed E-state index contributed by atoms with van der Waals surface area (Å²) in [7, 11) is 1.85. The van der Waals surface area contributed by atoms with Gasteiger partial charge < -0.3 is 10.2 Å². The lowest BCUT2D eigenvalue weighted by Crippen LogP contribution is -2.43. The summed E-state index contributed by atoms with van der Waals surface area (Å²) < 4.78 is 0. The van der Waals surface area contributed by atoms with Gasteiger partial charge in [0.15, 0.2) is 0 Å². The molecule has 0 aromatic carbocycles. The van der Waals surface area contributed by atoms with Crippen LogP contribution in [0.3, 0.4) is 0 Å². The first-order valence-electron chi connectivity index (χ1n) is 7.24. The van der Waals surface area contributed by atoms with Crippen LogP contribution >= 0.6 is 0 Å². The van der Waals surface area contributed by atoms with Gasteiger partial charge in [0.2, 0.25) is 0 Å². The van der Waals surface area contributed by atoms with E-state index in [1.54, 1.807) is 11.1 Å². The summed E-state index contributed by atoms with van der Waals surface area (Å²) >= 11 is 0. The van der Waals surface area contributed by atoms with Crippen LogP contribution in [-0.2, 0) is 0 Å². The third kappa shape index (κ3) is 4.22. The molecule has 0 spiro atoms. The highest BCUT2D eigenvalue weighted by Crippen LogP contribution is 2.24. The Hall–Kier alpha value is -1.58. The predicted molar refractivity (Wildman–Crippen MR) is 84.0 cm³/mol. The summed E-state index contributed by atoms with van der Waals surface area (Å²) in [6, 6.07) is 3.85. The molecule has 4 heteroatoms. The standard InChI is InChI=1S/C16H27N3O/c1-7-10-17-14-9-8-13(11-18-14)15(20)19(6)12(2)16(3,4)5/h8-9,11-12H,7,10H2,1-6H3,(H,17,18). The molecule has 0 aliphatic rings. The monoisotopic (exact) mass is 277 g/mol. The average molecular weight is 277 g/mol. The fourth-order valence-corrected chi connectivity index (χ4v) is 1.84. The Bertz CT molecular complexity index is 434. The minimum atomic E-state index is 0.0157. The SMILES string of the molecule is CCCNc1ccc(C(=O)N(C)C(C)C(C)(C)C)cn1. The van der Waals surface area contributed by atoms with Crippen LogP contribution in [0.4, 0.5) is 5.82 Å². The van der Waals surface area contributed by atoms with Crippen molar-refractivity contribution >= 4 is 11.7 Å². The predicted octanol–water partition coefficient (Wildman–Crippen LogP) is 3.41. The van der Waals surface area contributed by atoms with Gasteiger partial charge in [0.1, 0.15) is 5.82 Å². The summed E-state index contributed by atoms with van der Waals surface area (Å²) in [5.41, 5.74) is 0.686. The van der Waals surface area contributed by atoms with Gasteiger partial charge in [-0.25, -0.2) is 4.98 Å². The Morgan fingerprint density at radius 1 is 1.40 bits per heavy atom. The van der Waals surface area contributed by atoms with E-state index >= 15 is 0 Å². The van der Waals surface area contributed by atoms with Crippen molar-refractivity contribution in [2.75, 3.05) is 18.9 Å². The highest BCUT2D eigenvalue weighted by atomic mass is 16.2. The number of nitrogens with zero attached hydrogens (tertiary/aromatic N) is 2. The van der Waals surface area contributed by atoms with E-state index in [9.17, 15) is 4.79 Å². The smallest absolute Gasteiger partial charge is 0.255 e. The Morgan fingerprint density at radius 2 is 2.05 bits per heavy atom. The Kier molecular flexibility index (Phi) is 5.54. The minimum absolute atomic E-state index is 0.0157. The summed E-state index contributed by atoms with van der Waals surface area (Å²) in [6.07, 6.45) is 2.69. The topological polar surface area (TPSA) is 45.2 Å². The Labute approximate surface area is 122 Å². The maximum atomic E-state index is 12.4. The molecule has 0 aliphatic carbocycles. The number of rotatable bonds is 5. The van der Waals surface area contributed by atoms with Gasteiger partial charge in [-0.15, -0.1) is 0 Å². The molecule has 1 heterocycles. The number of amides is 1. The molecule has 0 saturated carbocycles. The number of pyridine rings is 1. The van der Waals surface area contributed by atoms with E-state index < -0.39 is 0 Å². The number of aromatic nitrogens is 1. The second-order valence-electron chi connectivity index (χ2n) is 6.32. The van der Waals surface area contributed by atoms with E-state index in [0.29, 0.717) is 5.56 Å². The second-order valence-corrected chi connectivity index (χ2v) is 6.32. The largest absolute Gasteiger partial charge is 0.370 e. The molecule has 20 heavy (non-hydrogen) atoms. The van der Waals surface area contributed by atoms with Gasteiger partial charge in [0.25, 0.3) is 5.91 Å². The molecule has 0 aliphatic heterocycles. The highest BCUT2D eigenvalue weighted by molar-refractivity contribution is 5.94. The van der Waals surface area contributed by atoms with Crippen LogP contribution in [0.15, 0.2) is 18.3 Å². The quantitative estimate of drug-likeness (QED) is 0.897. The first-order valence-corrected chi connectivity index (χ1v) is 7.24. The molecule has 0 radical (unpaired) electrons. The normalized spacial score (nSPS) is 12.9.